The predicted molar refractivity (Wildman–Crippen MR) is 65.3 cm³/mol. The number of ether oxygens (including phenoxy) is 1. The zero-order valence-electron chi connectivity index (χ0n) is 10.5. The van der Waals surface area contributed by atoms with Crippen LogP contribution in [0.1, 0.15) is 17.2 Å². The minimum Gasteiger partial charge on any atom is -0.457 e. The molecule has 0 unspecified atom stereocenters. The Labute approximate surface area is 117 Å². The number of fused-ring (bicyclic) bond motifs is 1. The van der Waals surface area contributed by atoms with Gasteiger partial charge in [0, 0.05) is 35.7 Å². The molecule has 1 aliphatic rings. The first-order chi connectivity index (χ1) is 9.87. The first kappa shape index (κ1) is 13.9. The van der Waals surface area contributed by atoms with Gasteiger partial charge < -0.3 is 9.84 Å². The number of benzene rings is 2. The van der Waals surface area contributed by atoms with Gasteiger partial charge in [0.25, 0.3) is 5.92 Å². The van der Waals surface area contributed by atoms with Crippen LogP contribution in [0.3, 0.4) is 0 Å². The Morgan fingerprint density at radius 1 is 1.19 bits per heavy atom. The number of aliphatic hydroxyl groups is 1. The van der Waals surface area contributed by atoms with Gasteiger partial charge in [-0.15, -0.1) is 0 Å². The van der Waals surface area contributed by atoms with Gasteiger partial charge >= 0.3 is 0 Å². The summed E-state index contributed by atoms with van der Waals surface area (Å²) in [6.07, 6.45) is -2.67. The summed E-state index contributed by atoms with van der Waals surface area (Å²) in [6, 6.07) is 7.77. The Kier molecular flexibility index (Phi) is 3.13. The van der Waals surface area contributed by atoms with Crippen molar-refractivity contribution >= 4 is 0 Å². The lowest BCUT2D eigenvalue weighted by Gasteiger charge is -2.12. The maximum Gasteiger partial charge on any atom is 0.281 e. The molecule has 0 saturated heterocycles. The Morgan fingerprint density at radius 3 is 2.52 bits per heavy atom. The van der Waals surface area contributed by atoms with Gasteiger partial charge in [0.2, 0.25) is 0 Å². The maximum absolute atomic E-state index is 13.5. The molecule has 0 spiro atoms. The standard InChI is InChI=1S/C15H9F4O2/c16-8-4-9(17)6-10(5-8)21-13-3-1-2-11-12(13)7-15(18,19)14(11)20/h1,3-6,14,20H,7H2/t14-/m0/s1. The van der Waals surface area contributed by atoms with Crippen molar-refractivity contribution in [3.05, 3.63) is 59.2 Å². The van der Waals surface area contributed by atoms with Crippen molar-refractivity contribution in [1.29, 1.82) is 0 Å². The first-order valence-electron chi connectivity index (χ1n) is 6.10. The first-order valence-corrected chi connectivity index (χ1v) is 6.10. The van der Waals surface area contributed by atoms with Crippen LogP contribution in [0.2, 0.25) is 0 Å². The lowest BCUT2D eigenvalue weighted by Crippen LogP contribution is -2.21. The van der Waals surface area contributed by atoms with Crippen LogP contribution in [0.25, 0.3) is 0 Å². The van der Waals surface area contributed by atoms with E-state index in [-0.39, 0.29) is 22.6 Å². The third kappa shape index (κ3) is 2.47. The van der Waals surface area contributed by atoms with E-state index in [1.54, 1.807) is 0 Å². The molecule has 0 bridgehead atoms. The van der Waals surface area contributed by atoms with E-state index in [0.717, 1.165) is 12.1 Å². The molecule has 1 aliphatic carbocycles. The Hall–Kier alpha value is -2.08. The van der Waals surface area contributed by atoms with Gasteiger partial charge in [-0.1, -0.05) is 6.07 Å². The molecule has 0 aliphatic heterocycles. The van der Waals surface area contributed by atoms with Crippen LogP contribution < -0.4 is 4.74 Å². The molecule has 109 valence electrons. The molecule has 0 saturated carbocycles. The van der Waals surface area contributed by atoms with E-state index in [9.17, 15) is 22.7 Å². The molecule has 2 nitrogen and oxygen atoms in total. The van der Waals surface area contributed by atoms with Gasteiger partial charge in [-0.2, -0.15) is 0 Å². The van der Waals surface area contributed by atoms with Crippen molar-refractivity contribution in [2.24, 2.45) is 0 Å². The number of halogens is 4. The average Bonchev–Trinajstić information content (AvgIpc) is 2.61. The molecular formula is C15H9F4O2. The second-order valence-electron chi connectivity index (χ2n) is 4.78. The van der Waals surface area contributed by atoms with Gasteiger partial charge in [-0.3, -0.25) is 0 Å². The SMILES string of the molecule is O[C@H]1c2[c]ccc(Oc3cc(F)cc(F)c3)c2CC1(F)F. The summed E-state index contributed by atoms with van der Waals surface area (Å²) < 4.78 is 58.6. The molecule has 1 atom stereocenters. The number of rotatable bonds is 2. The fourth-order valence-corrected chi connectivity index (χ4v) is 2.31. The second kappa shape index (κ2) is 4.73. The van der Waals surface area contributed by atoms with Gasteiger partial charge in [-0.05, 0) is 12.1 Å². The number of aliphatic hydroxyl groups excluding tert-OH is 1. The molecule has 0 heterocycles. The van der Waals surface area contributed by atoms with Crippen LogP contribution >= 0.6 is 0 Å². The summed E-state index contributed by atoms with van der Waals surface area (Å²) in [4.78, 5) is 0. The van der Waals surface area contributed by atoms with Crippen LogP contribution in [0.4, 0.5) is 17.6 Å². The topological polar surface area (TPSA) is 29.5 Å². The average molecular weight is 297 g/mol. The quantitative estimate of drug-likeness (QED) is 0.855. The van der Waals surface area contributed by atoms with Crippen LogP contribution in [-0.4, -0.2) is 11.0 Å². The van der Waals surface area contributed by atoms with Gasteiger partial charge in [-0.25, -0.2) is 17.6 Å². The van der Waals surface area contributed by atoms with Crippen molar-refractivity contribution in [2.75, 3.05) is 0 Å². The lowest BCUT2D eigenvalue weighted by atomic mass is 10.1. The van der Waals surface area contributed by atoms with E-state index < -0.39 is 30.1 Å². The van der Waals surface area contributed by atoms with E-state index in [4.69, 9.17) is 4.74 Å². The molecule has 21 heavy (non-hydrogen) atoms. The normalized spacial score (nSPS) is 19.4. The highest BCUT2D eigenvalue weighted by molar-refractivity contribution is 5.47. The third-order valence-electron chi connectivity index (χ3n) is 3.25. The molecule has 0 aromatic heterocycles. The maximum atomic E-state index is 13.5. The predicted octanol–water partition coefficient (Wildman–Crippen LogP) is 3.78. The third-order valence-corrected chi connectivity index (χ3v) is 3.25. The number of hydrogen-bond acceptors (Lipinski definition) is 2. The summed E-state index contributed by atoms with van der Waals surface area (Å²) in [5, 5.41) is 9.53. The smallest absolute Gasteiger partial charge is 0.281 e. The largest absolute Gasteiger partial charge is 0.457 e. The zero-order chi connectivity index (χ0) is 15.2. The van der Waals surface area contributed by atoms with Crippen LogP contribution in [-0.2, 0) is 6.42 Å². The Bertz CT molecular complexity index is 680. The van der Waals surface area contributed by atoms with Crippen molar-refractivity contribution < 1.29 is 27.4 Å². The molecule has 2 aromatic rings. The zero-order valence-corrected chi connectivity index (χ0v) is 10.5. The minimum atomic E-state index is -3.31. The van der Waals surface area contributed by atoms with Crippen LogP contribution in [0.5, 0.6) is 11.5 Å². The summed E-state index contributed by atoms with van der Waals surface area (Å²) in [5.41, 5.74) is 0.0223. The number of alkyl halides is 2. The molecule has 1 N–H and O–H groups in total. The molecule has 2 aromatic carbocycles. The summed E-state index contributed by atoms with van der Waals surface area (Å²) >= 11 is 0. The molecule has 0 fully saturated rings. The molecule has 6 heteroatoms. The van der Waals surface area contributed by atoms with E-state index in [1.165, 1.54) is 12.1 Å². The molecule has 3 rings (SSSR count). The second-order valence-corrected chi connectivity index (χ2v) is 4.78. The highest BCUT2D eigenvalue weighted by Crippen LogP contribution is 2.46. The van der Waals surface area contributed by atoms with Crippen molar-refractivity contribution in [3.63, 3.8) is 0 Å². The van der Waals surface area contributed by atoms with E-state index in [0.29, 0.717) is 6.07 Å². The van der Waals surface area contributed by atoms with Gasteiger partial charge in [0.05, 0.1) is 0 Å². The summed E-state index contributed by atoms with van der Waals surface area (Å²) in [6.45, 7) is 0. The van der Waals surface area contributed by atoms with Gasteiger partial charge in [0.1, 0.15) is 29.2 Å². The van der Waals surface area contributed by atoms with E-state index >= 15 is 0 Å². The molecular weight excluding hydrogens is 288 g/mol. The van der Waals surface area contributed by atoms with Crippen LogP contribution in [0.15, 0.2) is 30.3 Å². The van der Waals surface area contributed by atoms with Crippen molar-refractivity contribution in [3.8, 4) is 11.5 Å². The highest BCUT2D eigenvalue weighted by Gasteiger charge is 2.48. The summed E-state index contributed by atoms with van der Waals surface area (Å²) in [5.74, 6) is -5.12. The van der Waals surface area contributed by atoms with Gasteiger partial charge in [0.15, 0.2) is 0 Å². The minimum absolute atomic E-state index is 0.0185. The lowest BCUT2D eigenvalue weighted by molar-refractivity contribution is -0.0969. The monoisotopic (exact) mass is 297 g/mol. The Balaban J connectivity index is 1.99. The van der Waals surface area contributed by atoms with E-state index in [1.807, 2.05) is 0 Å². The van der Waals surface area contributed by atoms with Crippen molar-refractivity contribution in [1.82, 2.24) is 0 Å². The Morgan fingerprint density at radius 2 is 1.86 bits per heavy atom. The molecule has 0 amide bonds. The van der Waals surface area contributed by atoms with Crippen molar-refractivity contribution in [2.45, 2.75) is 18.4 Å². The number of hydrogen-bond donors (Lipinski definition) is 1. The fourth-order valence-electron chi connectivity index (χ4n) is 2.31. The highest BCUT2D eigenvalue weighted by atomic mass is 19.3. The fraction of sp³-hybridized carbons (Fsp3) is 0.200. The van der Waals surface area contributed by atoms with E-state index in [2.05, 4.69) is 6.07 Å². The molecule has 1 radical (unpaired) electrons. The van der Waals surface area contributed by atoms with Crippen LogP contribution in [0, 0.1) is 17.7 Å². The summed E-state index contributed by atoms with van der Waals surface area (Å²) in [7, 11) is 0.